The molecular weight excluding hydrogens is 409 g/mol. The van der Waals surface area contributed by atoms with Crippen LogP contribution in [0.2, 0.25) is 0 Å². The van der Waals surface area contributed by atoms with E-state index in [0.717, 1.165) is 22.0 Å². The molecule has 1 aromatic rings. The zero-order chi connectivity index (χ0) is 21.6. The number of carbonyl (C=O) groups excluding carboxylic acids is 1. The molecule has 1 fully saturated rings. The molecule has 10 heteroatoms. The molecule has 1 aliphatic rings. The molecule has 0 bridgehead atoms. The first-order valence-electron chi connectivity index (χ1n) is 9.32. The van der Waals surface area contributed by atoms with Crippen molar-refractivity contribution in [1.82, 2.24) is 9.91 Å². The number of carbonyl (C=O) groups is 1. The second kappa shape index (κ2) is 10.0. The Morgan fingerprint density at radius 1 is 1.28 bits per heavy atom. The van der Waals surface area contributed by atoms with Crippen LogP contribution in [0.5, 0.6) is 5.75 Å². The number of alkyl halides is 4. The van der Waals surface area contributed by atoms with Crippen molar-refractivity contribution in [2.45, 2.75) is 20.0 Å². The van der Waals surface area contributed by atoms with Gasteiger partial charge in [0.05, 0.1) is 13.0 Å². The van der Waals surface area contributed by atoms with Gasteiger partial charge in [0.2, 0.25) is 5.91 Å². The summed E-state index contributed by atoms with van der Waals surface area (Å²) in [6.07, 6.45) is -4.61. The lowest BCUT2D eigenvalue weighted by Gasteiger charge is -2.37. The van der Waals surface area contributed by atoms with Gasteiger partial charge in [0.1, 0.15) is 12.3 Å². The Hall–Kier alpha value is -2.16. The topological polar surface area (TPSA) is 48.4 Å². The maximum Gasteiger partial charge on any atom is 0.432 e. The van der Waals surface area contributed by atoms with E-state index < -0.39 is 17.8 Å². The third-order valence-electron chi connectivity index (χ3n) is 4.79. The number of methoxy groups -OCH3 is 1. The van der Waals surface area contributed by atoms with Crippen molar-refractivity contribution in [3.05, 3.63) is 23.8 Å². The molecule has 0 N–H and O–H groups in total. The minimum absolute atomic E-state index is 0.172. The number of ether oxygens (including phenoxy) is 1. The normalized spacial score (nSPS) is 15.5. The highest BCUT2D eigenvalue weighted by atomic mass is 35.5. The maximum absolute atomic E-state index is 12.8. The second-order valence-electron chi connectivity index (χ2n) is 6.68. The Morgan fingerprint density at radius 2 is 1.93 bits per heavy atom. The Morgan fingerprint density at radius 3 is 2.45 bits per heavy atom. The Balaban J connectivity index is 1.98. The highest BCUT2D eigenvalue weighted by molar-refractivity contribution is 6.29. The molecular formula is C19H26ClF3N4O2. The Kier molecular flexibility index (Phi) is 8.01. The minimum Gasteiger partial charge on any atom is -0.497 e. The average molecular weight is 435 g/mol. The highest BCUT2D eigenvalue weighted by Crippen LogP contribution is 2.26. The van der Waals surface area contributed by atoms with Crippen LogP contribution in [0.3, 0.4) is 0 Å². The van der Waals surface area contributed by atoms with E-state index in [9.17, 15) is 18.0 Å². The van der Waals surface area contributed by atoms with Crippen LogP contribution in [0.4, 0.5) is 18.9 Å². The van der Waals surface area contributed by atoms with Crippen molar-refractivity contribution in [2.24, 2.45) is 5.10 Å². The van der Waals surface area contributed by atoms with Crippen LogP contribution in [0, 0.1) is 6.92 Å². The van der Waals surface area contributed by atoms with Gasteiger partial charge in [-0.1, -0.05) is 6.07 Å². The van der Waals surface area contributed by atoms with Gasteiger partial charge in [0, 0.05) is 44.5 Å². The number of anilines is 1. The van der Waals surface area contributed by atoms with Crippen molar-refractivity contribution in [1.29, 1.82) is 0 Å². The van der Waals surface area contributed by atoms with Gasteiger partial charge >= 0.3 is 6.18 Å². The quantitative estimate of drug-likeness (QED) is 0.376. The lowest BCUT2D eigenvalue weighted by Crippen LogP contribution is -2.51. The second-order valence-corrected chi connectivity index (χ2v) is 6.95. The van der Waals surface area contributed by atoms with E-state index in [-0.39, 0.29) is 19.0 Å². The predicted molar refractivity (Wildman–Crippen MR) is 108 cm³/mol. The number of amides is 1. The summed E-state index contributed by atoms with van der Waals surface area (Å²) < 4.78 is 43.8. The molecule has 0 radical (unpaired) electrons. The largest absolute Gasteiger partial charge is 0.497 e. The third kappa shape index (κ3) is 6.16. The van der Waals surface area contributed by atoms with E-state index in [2.05, 4.69) is 10.0 Å². The Labute approximate surface area is 173 Å². The molecule has 1 heterocycles. The summed E-state index contributed by atoms with van der Waals surface area (Å²) in [5, 5.41) is 4.64. The first kappa shape index (κ1) is 23.1. The third-order valence-corrected chi connectivity index (χ3v) is 5.04. The number of nitrogens with zero attached hydrogens (tertiary/aromatic N) is 4. The molecule has 0 atom stereocenters. The van der Waals surface area contributed by atoms with Gasteiger partial charge in [-0.25, -0.2) is 0 Å². The summed E-state index contributed by atoms with van der Waals surface area (Å²) >= 11 is 5.36. The van der Waals surface area contributed by atoms with Crippen LogP contribution in [0.1, 0.15) is 12.5 Å². The molecule has 0 aromatic heterocycles. The molecule has 162 valence electrons. The number of hydrogen-bond donors (Lipinski definition) is 0. The first-order valence-corrected chi connectivity index (χ1v) is 9.86. The molecule has 2 rings (SSSR count). The van der Waals surface area contributed by atoms with E-state index in [0.29, 0.717) is 26.2 Å². The molecule has 0 spiro atoms. The molecule has 0 unspecified atom stereocenters. The molecule has 0 aliphatic carbocycles. The van der Waals surface area contributed by atoms with Gasteiger partial charge in [0.25, 0.3) is 0 Å². The number of hydrogen-bond acceptors (Lipinski definition) is 5. The van der Waals surface area contributed by atoms with Gasteiger partial charge in [0.15, 0.2) is 5.71 Å². The molecule has 1 aromatic carbocycles. The van der Waals surface area contributed by atoms with E-state index in [4.69, 9.17) is 16.3 Å². The number of benzene rings is 1. The summed E-state index contributed by atoms with van der Waals surface area (Å²) in [6.45, 7) is 5.84. The van der Waals surface area contributed by atoms with Crippen molar-refractivity contribution >= 4 is 28.9 Å². The van der Waals surface area contributed by atoms with Crippen molar-refractivity contribution in [3.63, 3.8) is 0 Å². The molecule has 1 amide bonds. The van der Waals surface area contributed by atoms with Gasteiger partial charge in [-0.3, -0.25) is 9.80 Å². The van der Waals surface area contributed by atoms with Crippen molar-refractivity contribution in [2.75, 3.05) is 57.2 Å². The fraction of sp³-hybridized carbons (Fsp3) is 0.579. The van der Waals surface area contributed by atoms with Crippen LogP contribution in [-0.4, -0.2) is 80.0 Å². The lowest BCUT2D eigenvalue weighted by atomic mass is 10.1. The van der Waals surface area contributed by atoms with Crippen molar-refractivity contribution < 1.29 is 22.7 Å². The van der Waals surface area contributed by atoms with Crippen LogP contribution in [-0.2, 0) is 4.79 Å². The van der Waals surface area contributed by atoms with E-state index in [1.54, 1.807) is 18.9 Å². The molecule has 29 heavy (non-hydrogen) atoms. The van der Waals surface area contributed by atoms with Crippen LogP contribution >= 0.6 is 11.6 Å². The van der Waals surface area contributed by atoms with Gasteiger partial charge in [-0.15, -0.1) is 11.6 Å². The van der Waals surface area contributed by atoms with Gasteiger partial charge in [-0.2, -0.15) is 18.3 Å². The molecule has 0 saturated carbocycles. The zero-order valence-electron chi connectivity index (χ0n) is 16.8. The van der Waals surface area contributed by atoms with E-state index in [1.165, 1.54) is 0 Å². The van der Waals surface area contributed by atoms with Crippen LogP contribution < -0.4 is 9.64 Å². The number of piperazine rings is 1. The van der Waals surface area contributed by atoms with Crippen LogP contribution in [0.25, 0.3) is 0 Å². The summed E-state index contributed by atoms with van der Waals surface area (Å²) in [7, 11) is 1.61. The number of rotatable bonds is 7. The Bertz CT molecular complexity index is 735. The molecule has 1 saturated heterocycles. The monoisotopic (exact) mass is 434 g/mol. The van der Waals surface area contributed by atoms with Gasteiger partial charge < -0.3 is 14.5 Å². The molecule has 1 aliphatic heterocycles. The molecule has 6 nitrogen and oxygen atoms in total. The summed E-state index contributed by atoms with van der Waals surface area (Å²) in [5.41, 5.74) is 1.05. The average Bonchev–Trinajstić information content (AvgIpc) is 2.70. The predicted octanol–water partition coefficient (Wildman–Crippen LogP) is 3.13. The van der Waals surface area contributed by atoms with Crippen LogP contribution in [0.15, 0.2) is 23.3 Å². The summed E-state index contributed by atoms with van der Waals surface area (Å²) in [6, 6.07) is 5.84. The maximum atomic E-state index is 12.8. The van der Waals surface area contributed by atoms with E-state index in [1.807, 2.05) is 25.1 Å². The fourth-order valence-corrected chi connectivity index (χ4v) is 3.26. The highest BCUT2D eigenvalue weighted by Gasteiger charge is 2.36. The standard InChI is InChI=1S/C19H26ClF3N4O2/c1-4-27(24-17(12-20)19(21,22)23)13-18(28)26-9-7-25(8-10-26)16-11-15(29-3)6-5-14(16)2/h5-6,11H,4,7-10,12-13H2,1-3H3/b24-17+. The number of halogens is 4. The smallest absolute Gasteiger partial charge is 0.432 e. The lowest BCUT2D eigenvalue weighted by molar-refractivity contribution is -0.132. The summed E-state index contributed by atoms with van der Waals surface area (Å²) in [4.78, 5) is 16.4. The SMILES string of the molecule is CCN(CC(=O)N1CCN(c2cc(OC)ccc2C)CC1)/N=C(\CCl)C(F)(F)F. The fourth-order valence-electron chi connectivity index (χ4n) is 3.06. The number of hydrazone groups is 1. The number of aryl methyl sites for hydroxylation is 1. The minimum atomic E-state index is -4.61. The summed E-state index contributed by atoms with van der Waals surface area (Å²) in [5.74, 6) is -0.249. The number of likely N-dealkylation sites (N-methyl/N-ethyl adjacent to an activating group) is 1. The van der Waals surface area contributed by atoms with Crippen molar-refractivity contribution in [3.8, 4) is 5.75 Å². The zero-order valence-corrected chi connectivity index (χ0v) is 17.6. The van der Waals surface area contributed by atoms with Gasteiger partial charge in [-0.05, 0) is 25.5 Å². The first-order chi connectivity index (χ1) is 13.7. The van der Waals surface area contributed by atoms with E-state index >= 15 is 0 Å².